The van der Waals surface area contributed by atoms with Gasteiger partial charge in [0.2, 0.25) is 5.91 Å². The number of nitrogens with one attached hydrogen (secondary N) is 3. The number of anilines is 1. The van der Waals surface area contributed by atoms with Crippen LogP contribution in [0.25, 0.3) is 0 Å². The van der Waals surface area contributed by atoms with Crippen molar-refractivity contribution in [1.82, 2.24) is 10.2 Å². The lowest BCUT2D eigenvalue weighted by molar-refractivity contribution is -0.132. The Kier molecular flexibility index (Phi) is 10.1. The van der Waals surface area contributed by atoms with Gasteiger partial charge in [0.25, 0.3) is 0 Å². The standard InChI is InChI=1S/C13H17N3O.C7H8.CH3N/c1-2-15-12-5-3-4-11(8-12)10-16-7-6-14-9-13(16)17;1-7-5-3-2-4-6-7;1-2/h2-5,8,14-15H,1,6-7,9-10H2;2-6H,1H3;2H,1H2. The summed E-state index contributed by atoms with van der Waals surface area (Å²) in [6.45, 7) is 11.0. The first-order valence-corrected chi connectivity index (χ1v) is 8.51. The van der Waals surface area contributed by atoms with Gasteiger partial charge in [0.15, 0.2) is 0 Å². The normalized spacial score (nSPS) is 12.8. The van der Waals surface area contributed by atoms with Crippen molar-refractivity contribution >= 4 is 18.3 Å². The van der Waals surface area contributed by atoms with Crippen LogP contribution in [-0.4, -0.2) is 37.2 Å². The Morgan fingerprint density at radius 3 is 2.50 bits per heavy atom. The molecule has 1 aliphatic heterocycles. The van der Waals surface area contributed by atoms with Crippen LogP contribution in [-0.2, 0) is 11.3 Å². The third-order valence-electron chi connectivity index (χ3n) is 3.70. The summed E-state index contributed by atoms with van der Waals surface area (Å²) in [5.41, 5.74) is 3.45. The molecule has 1 amide bonds. The Morgan fingerprint density at radius 2 is 1.92 bits per heavy atom. The predicted molar refractivity (Wildman–Crippen MR) is 110 cm³/mol. The summed E-state index contributed by atoms with van der Waals surface area (Å²) >= 11 is 0. The zero-order valence-corrected chi connectivity index (χ0v) is 15.4. The van der Waals surface area contributed by atoms with Crippen molar-refractivity contribution in [3.05, 3.63) is 78.5 Å². The number of carbonyl (C=O) groups excluding carboxylic acids is 1. The summed E-state index contributed by atoms with van der Waals surface area (Å²) in [5.74, 6) is 0.165. The van der Waals surface area contributed by atoms with E-state index in [1.165, 1.54) is 5.56 Å². The number of hydrogen-bond acceptors (Lipinski definition) is 4. The van der Waals surface area contributed by atoms with Gasteiger partial charge in [0.1, 0.15) is 0 Å². The van der Waals surface area contributed by atoms with Crippen LogP contribution in [0.1, 0.15) is 11.1 Å². The van der Waals surface area contributed by atoms with E-state index in [2.05, 4.69) is 43.0 Å². The molecule has 2 aromatic rings. The second-order valence-electron chi connectivity index (χ2n) is 5.70. The van der Waals surface area contributed by atoms with Gasteiger partial charge in [-0.3, -0.25) is 4.79 Å². The Labute approximate surface area is 156 Å². The topological polar surface area (TPSA) is 68.2 Å². The lowest BCUT2D eigenvalue weighted by atomic mass is 10.1. The third kappa shape index (κ3) is 7.77. The number of nitrogens with zero attached hydrogens (tertiary/aromatic N) is 1. The predicted octanol–water partition coefficient (Wildman–Crippen LogP) is 3.43. The molecule has 26 heavy (non-hydrogen) atoms. The zero-order valence-electron chi connectivity index (χ0n) is 15.4. The maximum atomic E-state index is 11.6. The van der Waals surface area contributed by atoms with Gasteiger partial charge in [-0.25, -0.2) is 0 Å². The maximum Gasteiger partial charge on any atom is 0.236 e. The molecule has 0 unspecified atom stereocenters. The number of benzene rings is 2. The molecular weight excluding hydrogens is 324 g/mol. The molecule has 1 saturated heterocycles. The highest BCUT2D eigenvalue weighted by molar-refractivity contribution is 5.79. The number of amides is 1. The molecule has 2 aromatic carbocycles. The van der Waals surface area contributed by atoms with E-state index in [-0.39, 0.29) is 5.91 Å². The first-order chi connectivity index (χ1) is 12.7. The Balaban J connectivity index is 0.000000313. The molecule has 0 radical (unpaired) electrons. The lowest BCUT2D eigenvalue weighted by Gasteiger charge is -2.27. The van der Waals surface area contributed by atoms with Gasteiger partial charge in [-0.15, -0.1) is 0 Å². The summed E-state index contributed by atoms with van der Waals surface area (Å²) in [6.07, 6.45) is 1.65. The van der Waals surface area contributed by atoms with Gasteiger partial charge < -0.3 is 20.9 Å². The number of aryl methyl sites for hydroxylation is 1. The van der Waals surface area contributed by atoms with Crippen LogP contribution in [0.2, 0.25) is 0 Å². The molecule has 5 nitrogen and oxygen atoms in total. The highest BCUT2D eigenvalue weighted by Gasteiger charge is 2.17. The Bertz CT molecular complexity index is 673. The van der Waals surface area contributed by atoms with Crippen molar-refractivity contribution in [1.29, 1.82) is 5.41 Å². The van der Waals surface area contributed by atoms with E-state index in [1.807, 2.05) is 47.4 Å². The molecular formula is C21H28N4O. The lowest BCUT2D eigenvalue weighted by Crippen LogP contribution is -2.47. The van der Waals surface area contributed by atoms with E-state index in [0.29, 0.717) is 13.1 Å². The fourth-order valence-corrected chi connectivity index (χ4v) is 2.45. The second kappa shape index (κ2) is 12.4. The molecule has 0 aliphatic carbocycles. The van der Waals surface area contributed by atoms with Gasteiger partial charge >= 0.3 is 0 Å². The van der Waals surface area contributed by atoms with Gasteiger partial charge in [-0.1, -0.05) is 54.6 Å². The fraction of sp³-hybridized carbons (Fsp3) is 0.238. The summed E-state index contributed by atoms with van der Waals surface area (Å²) in [7, 11) is 0. The first-order valence-electron chi connectivity index (χ1n) is 8.51. The van der Waals surface area contributed by atoms with Crippen LogP contribution in [0, 0.1) is 12.3 Å². The molecule has 0 atom stereocenters. The molecule has 5 heteroatoms. The number of rotatable bonds is 4. The van der Waals surface area contributed by atoms with Crippen LogP contribution >= 0.6 is 0 Å². The van der Waals surface area contributed by atoms with Crippen molar-refractivity contribution in [3.8, 4) is 0 Å². The molecule has 0 aromatic heterocycles. The smallest absolute Gasteiger partial charge is 0.236 e. The molecule has 0 saturated carbocycles. The van der Waals surface area contributed by atoms with Crippen LogP contribution in [0.4, 0.5) is 5.69 Å². The van der Waals surface area contributed by atoms with Crippen LogP contribution in [0.3, 0.4) is 0 Å². The summed E-state index contributed by atoms with van der Waals surface area (Å²) < 4.78 is 0. The average Bonchev–Trinajstić information content (AvgIpc) is 2.67. The van der Waals surface area contributed by atoms with Crippen molar-refractivity contribution < 1.29 is 4.79 Å². The highest BCUT2D eigenvalue weighted by atomic mass is 16.2. The quantitative estimate of drug-likeness (QED) is 0.739. The van der Waals surface area contributed by atoms with Crippen molar-refractivity contribution in [2.75, 3.05) is 25.0 Å². The monoisotopic (exact) mass is 352 g/mol. The largest absolute Gasteiger partial charge is 0.362 e. The van der Waals surface area contributed by atoms with E-state index in [1.54, 1.807) is 6.20 Å². The molecule has 1 heterocycles. The van der Waals surface area contributed by atoms with Crippen molar-refractivity contribution in [3.63, 3.8) is 0 Å². The average molecular weight is 352 g/mol. The molecule has 3 N–H and O–H groups in total. The maximum absolute atomic E-state index is 11.6. The molecule has 0 bridgehead atoms. The summed E-state index contributed by atoms with van der Waals surface area (Å²) in [4.78, 5) is 13.5. The summed E-state index contributed by atoms with van der Waals surface area (Å²) in [5, 5.41) is 11.6. The van der Waals surface area contributed by atoms with Gasteiger partial charge in [-0.2, -0.15) is 0 Å². The minimum absolute atomic E-state index is 0.165. The van der Waals surface area contributed by atoms with Gasteiger partial charge in [-0.05, 0) is 37.5 Å². The molecule has 1 aliphatic rings. The molecule has 1 fully saturated rings. The minimum atomic E-state index is 0.165. The molecule has 0 spiro atoms. The molecule has 138 valence electrons. The number of piperazine rings is 1. The van der Waals surface area contributed by atoms with Crippen LogP contribution in [0.5, 0.6) is 0 Å². The number of hydrogen-bond donors (Lipinski definition) is 3. The van der Waals surface area contributed by atoms with E-state index in [0.717, 1.165) is 24.3 Å². The van der Waals surface area contributed by atoms with E-state index in [9.17, 15) is 4.79 Å². The van der Waals surface area contributed by atoms with Crippen LogP contribution < -0.4 is 10.6 Å². The van der Waals surface area contributed by atoms with Gasteiger partial charge in [0, 0.05) is 25.3 Å². The second-order valence-corrected chi connectivity index (χ2v) is 5.70. The van der Waals surface area contributed by atoms with E-state index < -0.39 is 0 Å². The fourth-order valence-electron chi connectivity index (χ4n) is 2.45. The van der Waals surface area contributed by atoms with E-state index in [4.69, 9.17) is 5.41 Å². The number of carbonyl (C=O) groups is 1. The third-order valence-corrected chi connectivity index (χ3v) is 3.70. The Morgan fingerprint density at radius 1 is 1.19 bits per heavy atom. The first kappa shape index (κ1) is 21.1. The SMILES string of the molecule is C=CNc1cccc(CN2CCNCC2=O)c1.C=N.Cc1ccccc1. The Hall–Kier alpha value is -2.92. The van der Waals surface area contributed by atoms with Gasteiger partial charge in [0.05, 0.1) is 6.54 Å². The highest BCUT2D eigenvalue weighted by Crippen LogP contribution is 2.13. The molecule has 3 rings (SSSR count). The van der Waals surface area contributed by atoms with E-state index >= 15 is 0 Å². The van der Waals surface area contributed by atoms with Crippen molar-refractivity contribution in [2.24, 2.45) is 0 Å². The van der Waals surface area contributed by atoms with Crippen molar-refractivity contribution in [2.45, 2.75) is 13.5 Å². The van der Waals surface area contributed by atoms with Crippen LogP contribution in [0.15, 0.2) is 67.4 Å². The minimum Gasteiger partial charge on any atom is -0.362 e. The summed E-state index contributed by atoms with van der Waals surface area (Å²) in [6, 6.07) is 18.3. The zero-order chi connectivity index (χ0) is 19.2.